The topological polar surface area (TPSA) is 178 Å². The van der Waals surface area contributed by atoms with Crippen LogP contribution in [-0.2, 0) is 53.0 Å². The SMILES string of the molecule is O=C(O)CCn1c(=O)n(CCCC(=O)OCC2CC3CC2C2OC32)c(=O)n(CCCC(=O)OCC2CC3CC24CC3O4)c1=O. The smallest absolute Gasteiger partial charge is 0.336 e. The Balaban J connectivity index is 0.930. The Morgan fingerprint density at radius 1 is 0.773 bits per heavy atom. The second-order valence-electron chi connectivity index (χ2n) is 13.6. The molecule has 14 heteroatoms. The van der Waals surface area contributed by atoms with E-state index in [4.69, 9.17) is 24.1 Å². The van der Waals surface area contributed by atoms with Gasteiger partial charge < -0.3 is 24.1 Å². The molecule has 0 radical (unpaired) electrons. The molecule has 4 heterocycles. The van der Waals surface area contributed by atoms with Crippen molar-refractivity contribution in [3.05, 3.63) is 31.5 Å². The number of hydrogen-bond donors (Lipinski definition) is 1. The molecule has 8 rings (SSSR count). The first-order valence-electron chi connectivity index (χ1n) is 15.9. The predicted octanol–water partition coefficient (Wildman–Crippen LogP) is 0.284. The highest BCUT2D eigenvalue weighted by molar-refractivity contribution is 5.69. The fraction of sp³-hybridized carbons (Fsp3) is 0.800. The van der Waals surface area contributed by atoms with Crippen LogP contribution in [0.1, 0.15) is 64.2 Å². The number of rotatable bonds is 15. The Labute approximate surface area is 252 Å². The van der Waals surface area contributed by atoms with Crippen molar-refractivity contribution in [3.8, 4) is 0 Å². The number of carbonyl (C=O) groups is 3. The largest absolute Gasteiger partial charge is 0.481 e. The predicted molar refractivity (Wildman–Crippen MR) is 149 cm³/mol. The van der Waals surface area contributed by atoms with Crippen molar-refractivity contribution in [2.45, 2.75) is 108 Å². The molecule has 44 heavy (non-hydrogen) atoms. The molecule has 9 atom stereocenters. The average molecular weight is 618 g/mol. The van der Waals surface area contributed by atoms with Crippen LogP contribution >= 0.6 is 0 Å². The van der Waals surface area contributed by atoms with Crippen molar-refractivity contribution < 1.29 is 38.4 Å². The van der Waals surface area contributed by atoms with Crippen LogP contribution in [0.4, 0.5) is 0 Å². The molecule has 1 aromatic heterocycles. The number of aromatic nitrogens is 3. The molecule has 3 saturated heterocycles. The van der Waals surface area contributed by atoms with E-state index in [0.717, 1.165) is 45.8 Å². The Morgan fingerprint density at radius 2 is 1.39 bits per heavy atom. The van der Waals surface area contributed by atoms with E-state index in [1.807, 2.05) is 0 Å². The van der Waals surface area contributed by atoms with Crippen LogP contribution in [-0.4, -0.2) is 73.8 Å². The average Bonchev–Trinajstić information content (AvgIpc) is 3.31. The molecule has 14 nitrogen and oxygen atoms in total. The highest BCUT2D eigenvalue weighted by Crippen LogP contribution is 2.63. The Morgan fingerprint density at radius 3 is 1.91 bits per heavy atom. The molecule has 4 saturated carbocycles. The molecule has 1 N–H and O–H groups in total. The Kier molecular flexibility index (Phi) is 7.54. The summed E-state index contributed by atoms with van der Waals surface area (Å²) < 4.78 is 25.0. The summed E-state index contributed by atoms with van der Waals surface area (Å²) in [5, 5.41) is 9.11. The summed E-state index contributed by atoms with van der Waals surface area (Å²) in [5.74, 6) is -0.00427. The molecule has 3 aliphatic heterocycles. The number of nitrogens with zero attached hydrogens (tertiary/aromatic N) is 3. The minimum absolute atomic E-state index is 0.0237. The third kappa shape index (κ3) is 5.23. The van der Waals surface area contributed by atoms with Gasteiger partial charge in [-0.15, -0.1) is 0 Å². The lowest BCUT2D eigenvalue weighted by molar-refractivity contribution is -0.218. The summed E-state index contributed by atoms with van der Waals surface area (Å²) in [6, 6.07) is 0. The summed E-state index contributed by atoms with van der Waals surface area (Å²) in [4.78, 5) is 75.3. The number of hydrogen-bond acceptors (Lipinski definition) is 10. The third-order valence-electron chi connectivity index (χ3n) is 11.0. The van der Waals surface area contributed by atoms with Crippen LogP contribution in [0.5, 0.6) is 0 Å². The van der Waals surface area contributed by atoms with E-state index in [9.17, 15) is 28.8 Å². The molecule has 5 bridgehead atoms. The fourth-order valence-electron chi connectivity index (χ4n) is 8.76. The standard InChI is InChI=1S/C30H39N3O11/c34-22(35)5-8-33-28(39)31(6-1-3-23(36)41-14-18-9-16-11-20(18)26-25(16)43-26)27(38)32(29(33)40)7-2-4-24(37)42-15-19-10-17-12-30(19)13-21(17)44-30/h16-21,25-26H,1-15H2,(H,34,35). The van der Waals surface area contributed by atoms with Crippen molar-refractivity contribution in [1.29, 1.82) is 0 Å². The maximum atomic E-state index is 13.2. The van der Waals surface area contributed by atoms with Crippen LogP contribution in [0.3, 0.4) is 0 Å². The zero-order valence-electron chi connectivity index (χ0n) is 24.6. The van der Waals surface area contributed by atoms with Crippen molar-refractivity contribution in [1.82, 2.24) is 13.7 Å². The van der Waals surface area contributed by atoms with Gasteiger partial charge in [0.15, 0.2) is 0 Å². The molecular weight excluding hydrogens is 578 g/mol. The lowest BCUT2D eigenvalue weighted by atomic mass is 9.79. The molecular formula is C30H39N3O11. The summed E-state index contributed by atoms with van der Waals surface area (Å²) in [6.07, 6.45) is 5.98. The lowest BCUT2D eigenvalue weighted by Gasteiger charge is -2.47. The van der Waals surface area contributed by atoms with Crippen LogP contribution in [0.15, 0.2) is 14.4 Å². The first kappa shape index (κ1) is 29.5. The van der Waals surface area contributed by atoms with Gasteiger partial charge >= 0.3 is 35.0 Å². The zero-order chi connectivity index (χ0) is 30.7. The second kappa shape index (κ2) is 11.3. The molecule has 1 spiro atoms. The fourth-order valence-corrected chi connectivity index (χ4v) is 8.76. The maximum Gasteiger partial charge on any atom is 0.336 e. The van der Waals surface area contributed by atoms with Gasteiger partial charge in [-0.25, -0.2) is 28.1 Å². The van der Waals surface area contributed by atoms with E-state index < -0.39 is 47.9 Å². The number of fused-ring (bicyclic) bond motifs is 5. The Hall–Kier alpha value is -3.26. The molecule has 9 unspecified atom stereocenters. The van der Waals surface area contributed by atoms with Gasteiger partial charge in [-0.3, -0.25) is 14.4 Å². The minimum atomic E-state index is -1.21. The minimum Gasteiger partial charge on any atom is -0.481 e. The van der Waals surface area contributed by atoms with Gasteiger partial charge in [0, 0.05) is 44.8 Å². The van der Waals surface area contributed by atoms with Crippen LogP contribution in [0, 0.1) is 29.6 Å². The van der Waals surface area contributed by atoms with Crippen LogP contribution < -0.4 is 17.1 Å². The van der Waals surface area contributed by atoms with E-state index in [2.05, 4.69) is 0 Å². The third-order valence-corrected chi connectivity index (χ3v) is 11.0. The van der Waals surface area contributed by atoms with Gasteiger partial charge in [-0.1, -0.05) is 0 Å². The summed E-state index contributed by atoms with van der Waals surface area (Å²) in [6.45, 7) is -0.107. The number of carbonyl (C=O) groups excluding carboxylic acids is 2. The van der Waals surface area contributed by atoms with Gasteiger partial charge in [-0.2, -0.15) is 0 Å². The van der Waals surface area contributed by atoms with E-state index in [1.54, 1.807) is 0 Å². The summed E-state index contributed by atoms with van der Waals surface area (Å²) in [7, 11) is 0. The molecule has 0 aromatic carbocycles. The molecule has 0 amide bonds. The molecule has 1 aromatic rings. The van der Waals surface area contributed by atoms with Gasteiger partial charge in [0.1, 0.15) is 0 Å². The van der Waals surface area contributed by atoms with Gasteiger partial charge in [0.2, 0.25) is 0 Å². The van der Waals surface area contributed by atoms with Crippen molar-refractivity contribution in [3.63, 3.8) is 0 Å². The first-order chi connectivity index (χ1) is 21.1. The number of aliphatic carboxylic acids is 1. The maximum absolute atomic E-state index is 13.2. The van der Waals surface area contributed by atoms with Crippen molar-refractivity contribution >= 4 is 17.9 Å². The van der Waals surface area contributed by atoms with Gasteiger partial charge in [0.05, 0.1) is 43.5 Å². The van der Waals surface area contributed by atoms with E-state index >= 15 is 0 Å². The Bertz CT molecular complexity index is 1520. The molecule has 240 valence electrons. The molecule has 7 aliphatic rings. The van der Waals surface area contributed by atoms with E-state index in [1.165, 1.54) is 0 Å². The van der Waals surface area contributed by atoms with Gasteiger partial charge in [-0.05, 0) is 62.2 Å². The summed E-state index contributed by atoms with van der Waals surface area (Å²) in [5.41, 5.74) is -2.86. The van der Waals surface area contributed by atoms with Crippen LogP contribution in [0.2, 0.25) is 0 Å². The first-order valence-corrected chi connectivity index (χ1v) is 15.9. The number of carboxylic acid groups (broad SMARTS) is 1. The number of carboxylic acids is 1. The van der Waals surface area contributed by atoms with Crippen molar-refractivity contribution in [2.75, 3.05) is 13.2 Å². The molecule has 4 aliphatic carbocycles. The normalized spacial score (nSPS) is 34.9. The monoisotopic (exact) mass is 617 g/mol. The molecule has 7 fully saturated rings. The number of esters is 2. The van der Waals surface area contributed by atoms with Gasteiger partial charge in [0.25, 0.3) is 0 Å². The van der Waals surface area contributed by atoms with E-state index in [-0.39, 0.29) is 56.9 Å². The highest BCUT2D eigenvalue weighted by atomic mass is 16.6. The number of epoxide rings is 1. The second-order valence-corrected chi connectivity index (χ2v) is 13.6. The summed E-state index contributed by atoms with van der Waals surface area (Å²) >= 11 is 0. The lowest BCUT2D eigenvalue weighted by Crippen LogP contribution is -2.54. The van der Waals surface area contributed by atoms with Crippen molar-refractivity contribution in [2.24, 2.45) is 29.6 Å². The highest BCUT2D eigenvalue weighted by Gasteiger charge is 2.67. The number of ether oxygens (including phenoxy) is 4. The quantitative estimate of drug-likeness (QED) is 0.211. The van der Waals surface area contributed by atoms with Crippen LogP contribution in [0.25, 0.3) is 0 Å². The zero-order valence-corrected chi connectivity index (χ0v) is 24.6. The van der Waals surface area contributed by atoms with E-state index in [0.29, 0.717) is 48.6 Å².